The molecule has 2 saturated heterocycles. The van der Waals surface area contributed by atoms with Crippen molar-refractivity contribution in [3.8, 4) is 0 Å². The lowest BCUT2D eigenvalue weighted by Gasteiger charge is -2.75. The average molecular weight is 1340 g/mol. The van der Waals surface area contributed by atoms with Gasteiger partial charge in [0.15, 0.2) is 0 Å². The maximum absolute atomic E-state index is 12.6. The van der Waals surface area contributed by atoms with Crippen molar-refractivity contribution in [1.82, 2.24) is 4.90 Å². The van der Waals surface area contributed by atoms with Gasteiger partial charge in [-0.1, -0.05) is 278 Å². The third-order valence-electron chi connectivity index (χ3n) is 32.0. The molecule has 0 aromatic heterocycles. The molecule has 0 N–H and O–H groups in total. The van der Waals surface area contributed by atoms with Crippen LogP contribution in [-0.4, -0.2) is 23.4 Å². The molecular weight excluding hydrogens is 1150 g/mol. The van der Waals surface area contributed by atoms with Crippen LogP contribution >= 0.6 is 0 Å². The fraction of sp³-hybridized carbons (Fsp3) is 0.989. The molecule has 0 aromatic carbocycles. The lowest BCUT2D eigenvalue weighted by Crippen LogP contribution is -2.67. The molecule has 16 rings (SSSR count). The second-order valence-corrected chi connectivity index (χ2v) is 37.2. The van der Waals surface area contributed by atoms with Crippen LogP contribution in [0, 0.1) is 131 Å². The average Bonchev–Trinajstić information content (AvgIpc) is 1.55. The van der Waals surface area contributed by atoms with Gasteiger partial charge in [0.25, 0.3) is 0 Å². The number of rotatable bonds is 12. The van der Waals surface area contributed by atoms with E-state index in [1.807, 2.05) is 90.1 Å². The highest BCUT2D eigenvalue weighted by atomic mass is 16.2. The number of hydrogen-bond acceptors (Lipinski definition) is 1. The highest BCUT2D eigenvalue weighted by Gasteiger charge is 2.69. The fourth-order valence-electron chi connectivity index (χ4n) is 22.8. The predicted molar refractivity (Wildman–Crippen MR) is 438 cm³/mol. The van der Waals surface area contributed by atoms with E-state index in [2.05, 4.69) is 171 Å². The van der Waals surface area contributed by atoms with Crippen LogP contribution in [0.1, 0.15) is 451 Å². The van der Waals surface area contributed by atoms with Crippen LogP contribution in [0.25, 0.3) is 0 Å². The van der Waals surface area contributed by atoms with Crippen LogP contribution in [-0.2, 0) is 4.79 Å². The molecule has 2 atom stereocenters. The molecule has 12 bridgehead atoms. The van der Waals surface area contributed by atoms with Crippen molar-refractivity contribution in [2.75, 3.05) is 7.05 Å². The van der Waals surface area contributed by atoms with E-state index in [1.54, 1.807) is 0 Å². The molecule has 16 fully saturated rings. The molecule has 95 heavy (non-hydrogen) atoms. The second kappa shape index (κ2) is 39.9. The summed E-state index contributed by atoms with van der Waals surface area (Å²) in [5, 5.41) is 0. The number of carbonyl (C=O) groups is 1. The van der Waals surface area contributed by atoms with Gasteiger partial charge in [0, 0.05) is 12.6 Å². The first kappa shape index (κ1) is 98.6. The Bertz CT molecular complexity index is 1880. The molecule has 16 aliphatic rings. The van der Waals surface area contributed by atoms with Crippen molar-refractivity contribution in [2.24, 2.45) is 131 Å². The first-order chi connectivity index (χ1) is 42.9. The zero-order valence-corrected chi connectivity index (χ0v) is 71.1. The van der Waals surface area contributed by atoms with Gasteiger partial charge in [-0.2, -0.15) is 0 Å². The van der Waals surface area contributed by atoms with E-state index in [0.29, 0.717) is 17.7 Å². The molecule has 2 heteroatoms. The fourth-order valence-corrected chi connectivity index (χ4v) is 22.8. The highest BCUT2D eigenvalue weighted by Crippen LogP contribution is 2.79. The van der Waals surface area contributed by atoms with Crippen molar-refractivity contribution in [1.29, 1.82) is 0 Å². The Balaban J connectivity index is -0.00000103. The van der Waals surface area contributed by atoms with Gasteiger partial charge >= 0.3 is 0 Å². The standard InChI is InChI=1S/C14H25NO.2C14H26.C13H24.C12H22.C11H20.6C2H6.3CH4/c1-10(2)13-6-8-14(9-7-13,11(3)4)15(5)12(13)16;1-11(2)13-5-8-14(9-6-13,10-7-13)12(3)4;1-11(2)13-6-5-7-14(10-13,9-8-13)12(3)4;1-10(2)12-5-7-13(9-12,8-6-12)11(3)4;1-9(2)11-5-6-12(7-11,8-11)10(3)4;1-8(2)10-5-11(6-10,7-10)9(3)4;6*1-2;;;/h10-11H,6-9H2,1-5H3;2*11-12H,5-10H2,1-4H3;10-11H,5-9H2,1-4H3;9-10H,5-8H2,1-4H3;8-9H,5-7H2,1-4H3;6*1-2H3;3*1H4. The molecule has 0 aromatic rings. The second-order valence-electron chi connectivity index (χ2n) is 37.2. The number of carbonyl (C=O) groups excluding carboxylic acids is 1. The van der Waals surface area contributed by atoms with E-state index < -0.39 is 0 Å². The predicted octanol–water partition coefficient (Wildman–Crippen LogP) is 32.0. The molecule has 574 valence electrons. The first-order valence-electron chi connectivity index (χ1n) is 42.2. The van der Waals surface area contributed by atoms with E-state index in [0.717, 1.165) is 126 Å². The maximum Gasteiger partial charge on any atom is 0.229 e. The smallest absolute Gasteiger partial charge is 0.229 e. The van der Waals surface area contributed by atoms with Crippen LogP contribution < -0.4 is 0 Å². The number of nitrogens with zero attached hydrogens (tertiary/aromatic N) is 1. The molecule has 0 spiro atoms. The van der Waals surface area contributed by atoms with Gasteiger partial charge < -0.3 is 4.90 Å². The number of amides is 1. The summed E-state index contributed by atoms with van der Waals surface area (Å²) < 4.78 is 0. The van der Waals surface area contributed by atoms with Crippen LogP contribution in [0.5, 0.6) is 0 Å². The summed E-state index contributed by atoms with van der Waals surface area (Å²) in [5.41, 5.74) is 7.79. The maximum atomic E-state index is 12.6. The molecular formula is C93H191NO. The first-order valence-corrected chi connectivity index (χ1v) is 42.2. The van der Waals surface area contributed by atoms with Crippen molar-refractivity contribution in [3.05, 3.63) is 0 Å². The van der Waals surface area contributed by atoms with Gasteiger partial charge in [-0.15, -0.1) is 0 Å². The van der Waals surface area contributed by atoms with Crippen molar-refractivity contribution < 1.29 is 4.79 Å². The number of hydrogen-bond donors (Lipinski definition) is 0. The van der Waals surface area contributed by atoms with Gasteiger partial charge in [-0.05, 0) is 299 Å². The van der Waals surface area contributed by atoms with E-state index in [-0.39, 0.29) is 33.2 Å². The zero-order valence-electron chi connectivity index (χ0n) is 71.1. The summed E-state index contributed by atoms with van der Waals surface area (Å²) in [7, 11) is 2.03. The number of fused-ring (bicyclic) bond motifs is 11. The molecule has 14 aliphatic carbocycles. The Hall–Kier alpha value is -0.530. The topological polar surface area (TPSA) is 20.3 Å². The summed E-state index contributed by atoms with van der Waals surface area (Å²) in [6.07, 6.45) is 41.1. The molecule has 2 aliphatic heterocycles. The molecule has 2 heterocycles. The van der Waals surface area contributed by atoms with Gasteiger partial charge in [-0.25, -0.2) is 0 Å². The van der Waals surface area contributed by atoms with Gasteiger partial charge in [-0.3, -0.25) is 4.79 Å². The van der Waals surface area contributed by atoms with Crippen LogP contribution in [0.15, 0.2) is 0 Å². The van der Waals surface area contributed by atoms with E-state index in [4.69, 9.17) is 0 Å². The number of piperidine rings is 2. The van der Waals surface area contributed by atoms with Gasteiger partial charge in [0.2, 0.25) is 5.91 Å². The summed E-state index contributed by atoms with van der Waals surface area (Å²) in [4.78, 5) is 14.7. The lowest BCUT2D eigenvalue weighted by atomic mass is 9.30. The lowest BCUT2D eigenvalue weighted by molar-refractivity contribution is -0.252. The molecule has 1 amide bonds. The van der Waals surface area contributed by atoms with Crippen molar-refractivity contribution in [3.63, 3.8) is 0 Å². The summed E-state index contributed by atoms with van der Waals surface area (Å²) in [5.74, 6) is 10.6. The quantitative estimate of drug-likeness (QED) is 0.191. The normalized spacial score (nSPS) is 36.7. The minimum Gasteiger partial charge on any atom is -0.339 e. The Kier molecular flexibility index (Phi) is 41.5. The van der Waals surface area contributed by atoms with Crippen LogP contribution in [0.4, 0.5) is 0 Å². The highest BCUT2D eigenvalue weighted by molar-refractivity contribution is 5.85. The third-order valence-corrected chi connectivity index (χ3v) is 32.0. The van der Waals surface area contributed by atoms with Crippen LogP contribution in [0.3, 0.4) is 0 Å². The van der Waals surface area contributed by atoms with E-state index in [1.165, 1.54) is 167 Å². The zero-order chi connectivity index (χ0) is 71.9. The molecule has 0 radical (unpaired) electrons. The van der Waals surface area contributed by atoms with E-state index >= 15 is 0 Å². The Morgan fingerprint density at radius 1 is 0.221 bits per heavy atom. The SMILES string of the molecule is C.C.C.CC.CC.CC.CC.CC.CC.CC(C)C12CC(C(C)C)(C1)C2.CC(C)C12CCC(C(C)C)(C1)C2.CC(C)C12CCC(C(C)C)(CC1)C2.CC(C)C12CCC(C(C)C)(CC1)CC2.CC(C)C12CCC(C(C)C)(CC1)N(C)C2=O.CC(C)C12CCCC(C(C)C)(CC1)C2. The Morgan fingerprint density at radius 3 is 0.579 bits per heavy atom. The Labute approximate surface area is 606 Å². The minimum atomic E-state index is -0.0363. The summed E-state index contributed by atoms with van der Waals surface area (Å²) in [6.45, 7) is 81.4. The van der Waals surface area contributed by atoms with Crippen molar-refractivity contribution in [2.45, 2.75) is 457 Å². The van der Waals surface area contributed by atoms with Crippen molar-refractivity contribution >= 4 is 5.91 Å². The Morgan fingerprint density at radius 2 is 0.400 bits per heavy atom. The summed E-state index contributed by atoms with van der Waals surface area (Å²) >= 11 is 0. The largest absolute Gasteiger partial charge is 0.339 e. The molecule has 14 saturated carbocycles. The molecule has 2 nitrogen and oxygen atoms in total. The monoisotopic (exact) mass is 1340 g/mol. The summed E-state index contributed by atoms with van der Waals surface area (Å²) in [6, 6.07) is 0. The minimum absolute atomic E-state index is 0. The van der Waals surface area contributed by atoms with Crippen LogP contribution in [0.2, 0.25) is 0 Å². The van der Waals surface area contributed by atoms with E-state index in [9.17, 15) is 4.79 Å². The van der Waals surface area contributed by atoms with Gasteiger partial charge in [0.1, 0.15) is 0 Å². The van der Waals surface area contributed by atoms with Gasteiger partial charge in [0.05, 0.1) is 5.41 Å². The third kappa shape index (κ3) is 19.5. The molecule has 2 unspecified atom stereocenters.